The summed E-state index contributed by atoms with van der Waals surface area (Å²) in [5.74, 6) is 0.586. The lowest BCUT2D eigenvalue weighted by molar-refractivity contribution is 0.102. The fourth-order valence-corrected chi connectivity index (χ4v) is 4.84. The fraction of sp³-hybridized carbons (Fsp3) is 0.476. The predicted octanol–water partition coefficient (Wildman–Crippen LogP) is 5.43. The van der Waals surface area contributed by atoms with Crippen LogP contribution in [0, 0.1) is 18.3 Å². The van der Waals surface area contributed by atoms with Gasteiger partial charge in [-0.1, -0.05) is 44.9 Å². The quantitative estimate of drug-likeness (QED) is 0.767. The minimum Gasteiger partial charge on any atom is -0.390 e. The lowest BCUT2D eigenvalue weighted by atomic mass is 9.69. The van der Waals surface area contributed by atoms with E-state index in [4.69, 9.17) is 5.73 Å². The third-order valence-electron chi connectivity index (χ3n) is 5.85. The zero-order chi connectivity index (χ0) is 18.2. The molecule has 0 bridgehead atoms. The topological polar surface area (TPSA) is 55.1 Å². The number of nitrogen functional groups attached to an aromatic ring is 1. The van der Waals surface area contributed by atoms with Crippen LogP contribution in [0.5, 0.6) is 0 Å². The molecule has 0 aliphatic heterocycles. The van der Waals surface area contributed by atoms with Crippen LogP contribution in [0.2, 0.25) is 0 Å². The highest BCUT2D eigenvalue weighted by molar-refractivity contribution is 7.16. The summed E-state index contributed by atoms with van der Waals surface area (Å²) in [6.07, 6.45) is 4.31. The Balaban J connectivity index is 1.83. The van der Waals surface area contributed by atoms with Crippen LogP contribution in [-0.2, 0) is 12.8 Å². The van der Waals surface area contributed by atoms with Crippen molar-refractivity contribution in [2.24, 2.45) is 11.3 Å². The molecule has 3 N–H and O–H groups in total. The van der Waals surface area contributed by atoms with Crippen molar-refractivity contribution in [1.29, 1.82) is 0 Å². The zero-order valence-corrected chi connectivity index (χ0v) is 16.4. The molecule has 0 saturated heterocycles. The highest BCUT2D eigenvalue weighted by Gasteiger charge is 2.34. The normalized spacial score (nSPS) is 17.2. The lowest BCUT2D eigenvalue weighted by Gasteiger charge is -2.36. The van der Waals surface area contributed by atoms with Crippen LogP contribution in [0.3, 0.4) is 0 Å². The van der Waals surface area contributed by atoms with Crippen molar-refractivity contribution in [3.8, 4) is 0 Å². The van der Waals surface area contributed by atoms with Crippen molar-refractivity contribution in [2.45, 2.75) is 53.4 Å². The molecule has 1 amide bonds. The summed E-state index contributed by atoms with van der Waals surface area (Å²) in [7, 11) is 0. The second-order valence-electron chi connectivity index (χ2n) is 7.85. The summed E-state index contributed by atoms with van der Waals surface area (Å²) in [6, 6.07) is 7.86. The SMILES string of the molecule is CCC(C)(C)[C@H]1CCc2c(sc(N)c2C(=O)Nc2ccc(C)cc2)C1. The Morgan fingerprint density at radius 1 is 1.32 bits per heavy atom. The second kappa shape index (κ2) is 6.83. The molecule has 3 rings (SSSR count). The molecule has 0 fully saturated rings. The number of aryl methyl sites for hydroxylation is 1. The minimum absolute atomic E-state index is 0.0768. The van der Waals surface area contributed by atoms with Gasteiger partial charge in [0.2, 0.25) is 0 Å². The maximum Gasteiger partial charge on any atom is 0.258 e. The van der Waals surface area contributed by atoms with Gasteiger partial charge in [0.1, 0.15) is 0 Å². The van der Waals surface area contributed by atoms with Crippen molar-refractivity contribution < 1.29 is 4.79 Å². The number of anilines is 2. The number of amides is 1. The molecule has 0 spiro atoms. The van der Waals surface area contributed by atoms with E-state index in [0.29, 0.717) is 21.9 Å². The molecule has 1 aliphatic carbocycles. The highest BCUT2D eigenvalue weighted by Crippen LogP contribution is 2.44. The van der Waals surface area contributed by atoms with Gasteiger partial charge in [0.15, 0.2) is 0 Å². The van der Waals surface area contributed by atoms with E-state index in [-0.39, 0.29) is 5.91 Å². The van der Waals surface area contributed by atoms with Crippen LogP contribution in [0.4, 0.5) is 10.7 Å². The summed E-state index contributed by atoms with van der Waals surface area (Å²) >= 11 is 1.61. The predicted molar refractivity (Wildman–Crippen MR) is 107 cm³/mol. The van der Waals surface area contributed by atoms with E-state index in [1.165, 1.54) is 22.4 Å². The van der Waals surface area contributed by atoms with Crippen molar-refractivity contribution in [3.63, 3.8) is 0 Å². The summed E-state index contributed by atoms with van der Waals surface area (Å²) in [4.78, 5) is 14.1. The second-order valence-corrected chi connectivity index (χ2v) is 8.98. The van der Waals surface area contributed by atoms with Crippen molar-refractivity contribution in [2.75, 3.05) is 11.1 Å². The molecule has 2 aromatic rings. The molecule has 1 aromatic carbocycles. The smallest absolute Gasteiger partial charge is 0.258 e. The summed E-state index contributed by atoms with van der Waals surface area (Å²) in [5, 5.41) is 3.66. The number of nitrogens with two attached hydrogens (primary N) is 1. The van der Waals surface area contributed by atoms with Crippen LogP contribution in [0.25, 0.3) is 0 Å². The first-order valence-electron chi connectivity index (χ1n) is 9.10. The van der Waals surface area contributed by atoms with Gasteiger partial charge >= 0.3 is 0 Å². The first-order chi connectivity index (χ1) is 11.8. The number of hydrogen-bond acceptors (Lipinski definition) is 3. The lowest BCUT2D eigenvalue weighted by Crippen LogP contribution is -2.29. The third kappa shape index (κ3) is 3.59. The summed E-state index contributed by atoms with van der Waals surface area (Å²) < 4.78 is 0. The van der Waals surface area contributed by atoms with Crippen LogP contribution in [0.1, 0.15) is 60.0 Å². The van der Waals surface area contributed by atoms with Gasteiger partial charge < -0.3 is 11.1 Å². The molecule has 0 radical (unpaired) electrons. The standard InChI is InChI=1S/C21H28N2OS/c1-5-21(3,4)14-8-11-16-17(12-14)25-19(22)18(16)20(24)23-15-9-6-13(2)7-10-15/h6-7,9-10,14H,5,8,11-12,22H2,1-4H3,(H,23,24)/t14-/m0/s1. The number of fused-ring (bicyclic) bond motifs is 1. The van der Waals surface area contributed by atoms with E-state index >= 15 is 0 Å². The van der Waals surface area contributed by atoms with Crippen molar-refractivity contribution in [1.82, 2.24) is 0 Å². The average molecular weight is 357 g/mol. The summed E-state index contributed by atoms with van der Waals surface area (Å²) in [6.45, 7) is 9.00. The molecule has 4 heteroatoms. The molecular formula is C21H28N2OS. The maximum atomic E-state index is 12.8. The largest absolute Gasteiger partial charge is 0.390 e. The number of carbonyl (C=O) groups excluding carboxylic acids is 1. The van der Waals surface area contributed by atoms with Crippen LogP contribution < -0.4 is 11.1 Å². The van der Waals surface area contributed by atoms with Gasteiger partial charge in [0.05, 0.1) is 10.6 Å². The highest BCUT2D eigenvalue weighted by atomic mass is 32.1. The maximum absolute atomic E-state index is 12.8. The Labute approximate surface area is 154 Å². The van der Waals surface area contributed by atoms with E-state index in [0.717, 1.165) is 24.9 Å². The molecule has 25 heavy (non-hydrogen) atoms. The Morgan fingerprint density at radius 3 is 2.64 bits per heavy atom. The van der Waals surface area contributed by atoms with E-state index in [1.807, 2.05) is 31.2 Å². The van der Waals surface area contributed by atoms with Gasteiger partial charge in [-0.25, -0.2) is 0 Å². The Morgan fingerprint density at radius 2 is 2.00 bits per heavy atom. The van der Waals surface area contributed by atoms with Gasteiger partial charge in [-0.05, 0) is 55.2 Å². The van der Waals surface area contributed by atoms with E-state index in [2.05, 4.69) is 26.1 Å². The van der Waals surface area contributed by atoms with Crippen molar-refractivity contribution in [3.05, 3.63) is 45.8 Å². The van der Waals surface area contributed by atoms with E-state index in [1.54, 1.807) is 11.3 Å². The first kappa shape index (κ1) is 18.0. The Hall–Kier alpha value is -1.81. The fourth-order valence-electron chi connectivity index (χ4n) is 3.64. The van der Waals surface area contributed by atoms with Gasteiger partial charge in [0, 0.05) is 10.6 Å². The molecule has 0 saturated carbocycles. The first-order valence-corrected chi connectivity index (χ1v) is 9.91. The number of carbonyl (C=O) groups is 1. The van der Waals surface area contributed by atoms with Gasteiger partial charge in [-0.15, -0.1) is 11.3 Å². The van der Waals surface area contributed by atoms with Crippen LogP contribution >= 0.6 is 11.3 Å². The molecular weight excluding hydrogens is 328 g/mol. The molecule has 3 nitrogen and oxygen atoms in total. The number of thiophene rings is 1. The Kier molecular flexibility index (Phi) is 4.92. The minimum atomic E-state index is -0.0768. The number of benzene rings is 1. The molecule has 1 heterocycles. The van der Waals surface area contributed by atoms with Crippen LogP contribution in [-0.4, -0.2) is 5.91 Å². The zero-order valence-electron chi connectivity index (χ0n) is 15.6. The van der Waals surface area contributed by atoms with Gasteiger partial charge in [-0.3, -0.25) is 4.79 Å². The molecule has 1 aromatic heterocycles. The van der Waals surface area contributed by atoms with Crippen LogP contribution in [0.15, 0.2) is 24.3 Å². The summed E-state index contributed by atoms with van der Waals surface area (Å²) in [5.41, 5.74) is 10.4. The van der Waals surface area contributed by atoms with E-state index in [9.17, 15) is 4.79 Å². The van der Waals surface area contributed by atoms with Gasteiger partial charge in [0.25, 0.3) is 5.91 Å². The number of hydrogen-bond donors (Lipinski definition) is 2. The molecule has 134 valence electrons. The molecule has 0 unspecified atom stereocenters. The third-order valence-corrected chi connectivity index (χ3v) is 6.93. The van der Waals surface area contributed by atoms with Crippen molar-refractivity contribution >= 4 is 27.9 Å². The van der Waals surface area contributed by atoms with Gasteiger partial charge in [-0.2, -0.15) is 0 Å². The average Bonchev–Trinajstić information content (AvgIpc) is 2.91. The monoisotopic (exact) mass is 356 g/mol. The number of rotatable bonds is 4. The molecule has 1 atom stereocenters. The molecule has 1 aliphatic rings. The number of nitrogens with one attached hydrogen (secondary N) is 1. The van der Waals surface area contributed by atoms with E-state index < -0.39 is 0 Å². The Bertz CT molecular complexity index is 774.